The van der Waals surface area contributed by atoms with Crippen LogP contribution >= 0.6 is 0 Å². The van der Waals surface area contributed by atoms with Crippen LogP contribution in [0.1, 0.15) is 31.9 Å². The molecule has 0 aliphatic heterocycles. The van der Waals surface area contributed by atoms with Crippen molar-refractivity contribution in [2.24, 2.45) is 5.84 Å². The molecule has 0 aliphatic rings. The summed E-state index contributed by atoms with van der Waals surface area (Å²) in [6.07, 6.45) is 0. The number of amides is 1. The topological polar surface area (TPSA) is 73.6 Å². The van der Waals surface area contributed by atoms with Crippen LogP contribution in [0.5, 0.6) is 5.75 Å². The van der Waals surface area contributed by atoms with Crippen LogP contribution in [0.15, 0.2) is 18.2 Å². The molecule has 0 saturated heterocycles. The Morgan fingerprint density at radius 2 is 2.05 bits per heavy atom. The van der Waals surface area contributed by atoms with Crippen LogP contribution < -0.4 is 16.0 Å². The molecule has 3 N–H and O–H groups in total. The quantitative estimate of drug-likeness (QED) is 0.481. The lowest BCUT2D eigenvalue weighted by atomic mass is 9.85. The van der Waals surface area contributed by atoms with Crippen molar-refractivity contribution in [3.8, 4) is 5.75 Å². The first kappa shape index (κ1) is 15.5. The van der Waals surface area contributed by atoms with Crippen LogP contribution in [0, 0.1) is 0 Å². The predicted molar refractivity (Wildman–Crippen MR) is 73.7 cm³/mol. The second-order valence-electron chi connectivity index (χ2n) is 5.34. The van der Waals surface area contributed by atoms with Crippen LogP contribution in [0.3, 0.4) is 0 Å². The van der Waals surface area contributed by atoms with E-state index < -0.39 is 0 Å². The molecule has 0 atom stereocenters. The number of nitrogens with one attached hydrogen (secondary N) is 1. The van der Waals surface area contributed by atoms with Gasteiger partial charge in [0.2, 0.25) is 0 Å². The van der Waals surface area contributed by atoms with E-state index in [1.54, 1.807) is 7.11 Å². The minimum absolute atomic E-state index is 0.0179. The Balaban J connectivity index is 2.78. The molecule has 1 aromatic rings. The Morgan fingerprint density at radius 1 is 1.37 bits per heavy atom. The summed E-state index contributed by atoms with van der Waals surface area (Å²) < 4.78 is 10.6. The predicted octanol–water partition coefficient (Wildman–Crippen LogP) is 1.50. The Morgan fingerprint density at radius 3 is 2.58 bits per heavy atom. The fraction of sp³-hybridized carbons (Fsp3) is 0.500. The third kappa shape index (κ3) is 4.54. The Labute approximate surface area is 114 Å². The van der Waals surface area contributed by atoms with Crippen LogP contribution in [0.25, 0.3) is 0 Å². The van der Waals surface area contributed by atoms with Crippen molar-refractivity contribution in [2.75, 3.05) is 13.7 Å². The van der Waals surface area contributed by atoms with Gasteiger partial charge in [-0.2, -0.15) is 0 Å². The van der Waals surface area contributed by atoms with E-state index in [9.17, 15) is 4.79 Å². The largest absolute Gasteiger partial charge is 0.496 e. The second kappa shape index (κ2) is 6.54. The SMILES string of the molecule is COc1ccc(COCC(=O)NN)cc1C(C)(C)C. The van der Waals surface area contributed by atoms with Gasteiger partial charge in [0.15, 0.2) is 0 Å². The zero-order valence-electron chi connectivity index (χ0n) is 11.9. The number of rotatable bonds is 5. The average molecular weight is 266 g/mol. The maximum Gasteiger partial charge on any atom is 0.259 e. The summed E-state index contributed by atoms with van der Waals surface area (Å²) in [6, 6.07) is 5.88. The first-order valence-corrected chi connectivity index (χ1v) is 6.13. The molecule has 106 valence electrons. The molecule has 0 bridgehead atoms. The molecule has 1 amide bonds. The van der Waals surface area contributed by atoms with Gasteiger partial charge >= 0.3 is 0 Å². The fourth-order valence-corrected chi connectivity index (χ4v) is 1.73. The summed E-state index contributed by atoms with van der Waals surface area (Å²) in [7, 11) is 1.66. The minimum Gasteiger partial charge on any atom is -0.496 e. The molecule has 0 heterocycles. The molecule has 0 saturated carbocycles. The molecular formula is C14H22N2O3. The van der Waals surface area contributed by atoms with Crippen molar-refractivity contribution in [1.82, 2.24) is 5.43 Å². The smallest absolute Gasteiger partial charge is 0.259 e. The summed E-state index contributed by atoms with van der Waals surface area (Å²) in [5, 5.41) is 0. The number of carbonyl (C=O) groups is 1. The number of methoxy groups -OCH3 is 1. The molecule has 1 rings (SSSR count). The molecule has 0 spiro atoms. The summed E-state index contributed by atoms with van der Waals surface area (Å²) >= 11 is 0. The molecule has 0 aliphatic carbocycles. The summed E-state index contributed by atoms with van der Waals surface area (Å²) in [6.45, 7) is 6.68. The van der Waals surface area contributed by atoms with Gasteiger partial charge in [0, 0.05) is 0 Å². The van der Waals surface area contributed by atoms with Gasteiger partial charge < -0.3 is 9.47 Å². The van der Waals surface area contributed by atoms with E-state index in [4.69, 9.17) is 15.3 Å². The Hall–Kier alpha value is -1.59. The van der Waals surface area contributed by atoms with Crippen LogP contribution in [0.2, 0.25) is 0 Å². The minimum atomic E-state index is -0.343. The van der Waals surface area contributed by atoms with Gasteiger partial charge in [0.25, 0.3) is 5.91 Å². The molecule has 0 radical (unpaired) electrons. The van der Waals surface area contributed by atoms with E-state index in [2.05, 4.69) is 20.8 Å². The summed E-state index contributed by atoms with van der Waals surface area (Å²) in [5.74, 6) is 5.49. The van der Waals surface area contributed by atoms with Crippen molar-refractivity contribution < 1.29 is 14.3 Å². The van der Waals surface area contributed by atoms with Crippen molar-refractivity contribution in [3.05, 3.63) is 29.3 Å². The van der Waals surface area contributed by atoms with E-state index in [0.717, 1.165) is 16.9 Å². The van der Waals surface area contributed by atoms with E-state index in [1.807, 2.05) is 23.6 Å². The number of hydrogen-bond acceptors (Lipinski definition) is 4. The average Bonchev–Trinajstić information content (AvgIpc) is 2.37. The van der Waals surface area contributed by atoms with Crippen LogP contribution in [-0.4, -0.2) is 19.6 Å². The fourth-order valence-electron chi connectivity index (χ4n) is 1.73. The molecule has 0 unspecified atom stereocenters. The zero-order chi connectivity index (χ0) is 14.5. The first-order chi connectivity index (χ1) is 8.88. The van der Waals surface area contributed by atoms with Crippen molar-refractivity contribution >= 4 is 5.91 Å². The lowest BCUT2D eigenvalue weighted by molar-refractivity contribution is -0.126. The number of nitrogens with two attached hydrogens (primary N) is 1. The Bertz CT molecular complexity index is 439. The van der Waals surface area contributed by atoms with Crippen molar-refractivity contribution in [3.63, 3.8) is 0 Å². The molecule has 0 aromatic heterocycles. The molecule has 5 nitrogen and oxygen atoms in total. The van der Waals surface area contributed by atoms with E-state index in [0.29, 0.717) is 6.61 Å². The highest BCUT2D eigenvalue weighted by Crippen LogP contribution is 2.32. The first-order valence-electron chi connectivity index (χ1n) is 6.13. The van der Waals surface area contributed by atoms with Gasteiger partial charge in [-0.05, 0) is 28.7 Å². The van der Waals surface area contributed by atoms with Gasteiger partial charge in [0.05, 0.1) is 13.7 Å². The van der Waals surface area contributed by atoms with Crippen LogP contribution in [-0.2, 0) is 21.6 Å². The van der Waals surface area contributed by atoms with Gasteiger partial charge in [-0.1, -0.05) is 26.8 Å². The summed E-state index contributed by atoms with van der Waals surface area (Å²) in [4.78, 5) is 10.9. The third-order valence-electron chi connectivity index (χ3n) is 2.73. The number of benzene rings is 1. The van der Waals surface area contributed by atoms with Crippen molar-refractivity contribution in [1.29, 1.82) is 0 Å². The third-order valence-corrected chi connectivity index (χ3v) is 2.73. The highest BCUT2D eigenvalue weighted by Gasteiger charge is 2.19. The van der Waals surface area contributed by atoms with E-state index >= 15 is 0 Å². The summed E-state index contributed by atoms with van der Waals surface area (Å²) in [5.41, 5.74) is 4.11. The molecule has 19 heavy (non-hydrogen) atoms. The lowest BCUT2D eigenvalue weighted by Gasteiger charge is -2.23. The van der Waals surface area contributed by atoms with Gasteiger partial charge in [-0.25, -0.2) is 5.84 Å². The Kier molecular flexibility index (Phi) is 5.32. The number of hydrazine groups is 1. The molecule has 1 aromatic carbocycles. The number of carbonyl (C=O) groups excluding carboxylic acids is 1. The normalized spacial score (nSPS) is 11.2. The van der Waals surface area contributed by atoms with Crippen molar-refractivity contribution in [2.45, 2.75) is 32.8 Å². The van der Waals surface area contributed by atoms with Gasteiger partial charge in [-0.3, -0.25) is 10.2 Å². The standard InChI is InChI=1S/C14H22N2O3/c1-14(2,3)11-7-10(5-6-12(11)18-4)8-19-9-13(17)16-15/h5-7H,8-9,15H2,1-4H3,(H,16,17). The molecule has 0 fully saturated rings. The zero-order valence-corrected chi connectivity index (χ0v) is 11.9. The maximum absolute atomic E-state index is 10.9. The van der Waals surface area contributed by atoms with E-state index in [-0.39, 0.29) is 17.9 Å². The van der Waals surface area contributed by atoms with E-state index in [1.165, 1.54) is 0 Å². The van der Waals surface area contributed by atoms with Gasteiger partial charge in [0.1, 0.15) is 12.4 Å². The van der Waals surface area contributed by atoms with Gasteiger partial charge in [-0.15, -0.1) is 0 Å². The highest BCUT2D eigenvalue weighted by molar-refractivity contribution is 5.76. The maximum atomic E-state index is 10.9. The number of hydrogen-bond donors (Lipinski definition) is 2. The number of ether oxygens (including phenoxy) is 2. The highest BCUT2D eigenvalue weighted by atomic mass is 16.5. The molecule has 5 heteroatoms. The lowest BCUT2D eigenvalue weighted by Crippen LogP contribution is -2.33. The monoisotopic (exact) mass is 266 g/mol. The van der Waals surface area contributed by atoms with Crippen LogP contribution in [0.4, 0.5) is 0 Å². The second-order valence-corrected chi connectivity index (χ2v) is 5.34. The molecular weight excluding hydrogens is 244 g/mol.